The average Bonchev–Trinajstić information content (AvgIpc) is 2.60. The molecular formula is C14H19N3O6S. The zero-order valence-corrected chi connectivity index (χ0v) is 13.9. The van der Waals surface area contributed by atoms with E-state index in [4.69, 9.17) is 4.74 Å². The summed E-state index contributed by atoms with van der Waals surface area (Å²) in [7, 11) is -2.73. The monoisotopic (exact) mass is 357 g/mol. The molecule has 10 heteroatoms. The molecule has 1 saturated heterocycles. The van der Waals surface area contributed by atoms with Gasteiger partial charge in [-0.3, -0.25) is 9.59 Å². The largest absolute Gasteiger partial charge is 0.468 e. The zero-order valence-electron chi connectivity index (χ0n) is 13.1. The molecule has 1 aromatic carbocycles. The van der Waals surface area contributed by atoms with Crippen molar-refractivity contribution in [3.63, 3.8) is 0 Å². The summed E-state index contributed by atoms with van der Waals surface area (Å²) in [6.45, 7) is 0.899. The van der Waals surface area contributed by atoms with Gasteiger partial charge in [0.2, 0.25) is 15.9 Å². The SMILES string of the molecule is COC(=O)CNS(=O)(=O)c1cccc(NC(=O)C2COCCN2)c1. The van der Waals surface area contributed by atoms with E-state index in [9.17, 15) is 18.0 Å². The summed E-state index contributed by atoms with van der Waals surface area (Å²) in [6.07, 6.45) is 0. The number of esters is 1. The molecule has 9 nitrogen and oxygen atoms in total. The van der Waals surface area contributed by atoms with E-state index in [1.807, 2.05) is 0 Å². The number of hydrogen-bond donors (Lipinski definition) is 3. The van der Waals surface area contributed by atoms with Gasteiger partial charge in [0.05, 0.1) is 25.2 Å². The number of rotatable bonds is 6. The highest BCUT2D eigenvalue weighted by Gasteiger charge is 2.22. The predicted octanol–water partition coefficient (Wildman–Crippen LogP) is -0.935. The second-order valence-electron chi connectivity index (χ2n) is 5.00. The first kappa shape index (κ1) is 18.3. The molecule has 0 aliphatic carbocycles. The predicted molar refractivity (Wildman–Crippen MR) is 84.9 cm³/mol. The minimum Gasteiger partial charge on any atom is -0.468 e. The Morgan fingerprint density at radius 1 is 1.42 bits per heavy atom. The second kappa shape index (κ2) is 8.20. The molecule has 1 fully saturated rings. The van der Waals surface area contributed by atoms with Crippen LogP contribution in [0.4, 0.5) is 5.69 Å². The summed E-state index contributed by atoms with van der Waals surface area (Å²) < 4.78 is 36.0. The quantitative estimate of drug-likeness (QED) is 0.562. The van der Waals surface area contributed by atoms with Gasteiger partial charge >= 0.3 is 5.97 Å². The number of benzene rings is 1. The number of nitrogens with one attached hydrogen (secondary N) is 3. The number of morpholine rings is 1. The van der Waals surface area contributed by atoms with Gasteiger partial charge in [-0.15, -0.1) is 0 Å². The fourth-order valence-electron chi connectivity index (χ4n) is 2.01. The van der Waals surface area contributed by atoms with Crippen molar-refractivity contribution in [3.8, 4) is 0 Å². The normalized spacial score (nSPS) is 18.0. The third kappa shape index (κ3) is 4.99. The summed E-state index contributed by atoms with van der Waals surface area (Å²) in [4.78, 5) is 23.1. The Labute approximate surface area is 139 Å². The van der Waals surface area contributed by atoms with Gasteiger partial charge in [0, 0.05) is 12.2 Å². The van der Waals surface area contributed by atoms with Gasteiger partial charge in [-0.25, -0.2) is 8.42 Å². The Bertz CT molecular complexity index is 700. The van der Waals surface area contributed by atoms with Crippen LogP contribution >= 0.6 is 0 Å². The minimum atomic E-state index is -3.89. The van der Waals surface area contributed by atoms with E-state index in [0.29, 0.717) is 18.8 Å². The molecule has 1 amide bonds. The Hall–Kier alpha value is -2.01. The van der Waals surface area contributed by atoms with Crippen LogP contribution in [0.15, 0.2) is 29.2 Å². The smallest absolute Gasteiger partial charge is 0.320 e. The number of anilines is 1. The van der Waals surface area contributed by atoms with Crippen LogP contribution in [0.5, 0.6) is 0 Å². The Morgan fingerprint density at radius 2 is 2.21 bits per heavy atom. The maximum absolute atomic E-state index is 12.1. The van der Waals surface area contributed by atoms with E-state index in [1.54, 1.807) is 6.07 Å². The van der Waals surface area contributed by atoms with Gasteiger partial charge in [-0.05, 0) is 18.2 Å². The third-order valence-corrected chi connectivity index (χ3v) is 4.68. The van der Waals surface area contributed by atoms with Gasteiger partial charge in [0.25, 0.3) is 0 Å². The number of carbonyl (C=O) groups is 2. The van der Waals surface area contributed by atoms with Crippen molar-refractivity contribution >= 4 is 27.6 Å². The lowest BCUT2D eigenvalue weighted by molar-refractivity contribution is -0.139. The molecule has 0 aromatic heterocycles. The molecule has 2 rings (SSSR count). The summed E-state index contributed by atoms with van der Waals surface area (Å²) in [5.41, 5.74) is 0.327. The van der Waals surface area contributed by atoms with Gasteiger partial charge < -0.3 is 20.1 Å². The molecule has 1 aromatic rings. The summed E-state index contributed by atoms with van der Waals surface area (Å²) in [5, 5.41) is 5.64. The van der Waals surface area contributed by atoms with E-state index in [-0.39, 0.29) is 17.4 Å². The van der Waals surface area contributed by atoms with E-state index >= 15 is 0 Å². The molecule has 0 saturated carbocycles. The van der Waals surface area contributed by atoms with Crippen molar-refractivity contribution in [2.75, 3.05) is 38.7 Å². The first-order valence-corrected chi connectivity index (χ1v) is 8.69. The zero-order chi connectivity index (χ0) is 17.6. The molecule has 1 aliphatic heterocycles. The molecule has 1 unspecified atom stereocenters. The molecular weight excluding hydrogens is 338 g/mol. The van der Waals surface area contributed by atoms with Crippen LogP contribution in [0.1, 0.15) is 0 Å². The highest BCUT2D eigenvalue weighted by molar-refractivity contribution is 7.89. The van der Waals surface area contributed by atoms with Gasteiger partial charge in [0.1, 0.15) is 12.6 Å². The summed E-state index contributed by atoms with van der Waals surface area (Å²) >= 11 is 0. The first-order chi connectivity index (χ1) is 11.4. The number of sulfonamides is 1. The van der Waals surface area contributed by atoms with E-state index in [2.05, 4.69) is 20.1 Å². The van der Waals surface area contributed by atoms with Crippen LogP contribution in [0, 0.1) is 0 Å². The molecule has 24 heavy (non-hydrogen) atoms. The van der Waals surface area contributed by atoms with Crippen LogP contribution in [-0.4, -0.2) is 59.7 Å². The standard InChI is InChI=1S/C14H19N3O6S/c1-22-13(18)8-16-24(20,21)11-4-2-3-10(7-11)17-14(19)12-9-23-6-5-15-12/h2-4,7,12,15-16H,5-6,8-9H2,1H3,(H,17,19). The van der Waals surface area contributed by atoms with E-state index < -0.39 is 28.6 Å². The maximum atomic E-state index is 12.1. The first-order valence-electron chi connectivity index (χ1n) is 7.21. The highest BCUT2D eigenvalue weighted by atomic mass is 32.2. The molecule has 1 aliphatic rings. The number of carbonyl (C=O) groups excluding carboxylic acids is 2. The fraction of sp³-hybridized carbons (Fsp3) is 0.429. The molecule has 132 valence electrons. The number of hydrogen-bond acceptors (Lipinski definition) is 7. The molecule has 0 radical (unpaired) electrons. The van der Waals surface area contributed by atoms with Gasteiger partial charge in [-0.1, -0.05) is 6.07 Å². The van der Waals surface area contributed by atoms with Gasteiger partial charge in [-0.2, -0.15) is 4.72 Å². The number of methoxy groups -OCH3 is 1. The van der Waals surface area contributed by atoms with Crippen molar-refractivity contribution in [2.24, 2.45) is 0 Å². The minimum absolute atomic E-state index is 0.0722. The average molecular weight is 357 g/mol. The van der Waals surface area contributed by atoms with Crippen molar-refractivity contribution in [3.05, 3.63) is 24.3 Å². The summed E-state index contributed by atoms with van der Waals surface area (Å²) in [6, 6.07) is 5.24. The Morgan fingerprint density at radius 3 is 2.88 bits per heavy atom. The summed E-state index contributed by atoms with van der Waals surface area (Å²) in [5.74, 6) is -1.02. The van der Waals surface area contributed by atoms with Crippen LogP contribution in [0.2, 0.25) is 0 Å². The molecule has 0 bridgehead atoms. The maximum Gasteiger partial charge on any atom is 0.320 e. The van der Waals surface area contributed by atoms with Crippen LogP contribution in [0.25, 0.3) is 0 Å². The Kier molecular flexibility index (Phi) is 6.26. The van der Waals surface area contributed by atoms with Crippen molar-refractivity contribution in [1.29, 1.82) is 0 Å². The Balaban J connectivity index is 2.04. The van der Waals surface area contributed by atoms with Crippen LogP contribution < -0.4 is 15.4 Å². The molecule has 1 heterocycles. The van der Waals surface area contributed by atoms with E-state index in [0.717, 1.165) is 7.11 Å². The number of ether oxygens (including phenoxy) is 2. The number of amides is 1. The van der Waals surface area contributed by atoms with Crippen molar-refractivity contribution in [1.82, 2.24) is 10.0 Å². The lowest BCUT2D eigenvalue weighted by Gasteiger charge is -2.23. The topological polar surface area (TPSA) is 123 Å². The second-order valence-corrected chi connectivity index (χ2v) is 6.77. The van der Waals surface area contributed by atoms with Crippen LogP contribution in [0.3, 0.4) is 0 Å². The highest BCUT2D eigenvalue weighted by Crippen LogP contribution is 2.15. The molecule has 1 atom stereocenters. The lowest BCUT2D eigenvalue weighted by Crippen LogP contribution is -2.48. The third-order valence-electron chi connectivity index (χ3n) is 3.28. The van der Waals surface area contributed by atoms with E-state index in [1.165, 1.54) is 18.2 Å². The van der Waals surface area contributed by atoms with Crippen molar-refractivity contribution in [2.45, 2.75) is 10.9 Å². The fourth-order valence-corrected chi connectivity index (χ4v) is 3.03. The molecule has 3 N–H and O–H groups in total. The van der Waals surface area contributed by atoms with Crippen LogP contribution in [-0.2, 0) is 29.1 Å². The lowest BCUT2D eigenvalue weighted by atomic mass is 10.2. The van der Waals surface area contributed by atoms with Gasteiger partial charge in [0.15, 0.2) is 0 Å². The van der Waals surface area contributed by atoms with Crippen molar-refractivity contribution < 1.29 is 27.5 Å². The molecule has 0 spiro atoms.